The molecule has 19 heavy (non-hydrogen) atoms. The van der Waals surface area contributed by atoms with Crippen LogP contribution >= 0.6 is 34.5 Å². The number of halogens is 2. The number of nitrogens with zero attached hydrogens (tertiary/aromatic N) is 1. The Labute approximate surface area is 126 Å². The van der Waals surface area contributed by atoms with Gasteiger partial charge in [-0.1, -0.05) is 30.1 Å². The van der Waals surface area contributed by atoms with Gasteiger partial charge in [-0.15, -0.1) is 11.3 Å². The maximum Gasteiger partial charge on any atom is 0.182 e. The third-order valence-corrected chi connectivity index (χ3v) is 3.63. The molecule has 0 bridgehead atoms. The van der Waals surface area contributed by atoms with Crippen molar-refractivity contribution in [3.05, 3.63) is 39.3 Å². The van der Waals surface area contributed by atoms with Gasteiger partial charge in [0, 0.05) is 28.7 Å². The molecule has 1 aromatic heterocycles. The lowest BCUT2D eigenvalue weighted by Crippen LogP contribution is -2.04. The number of rotatable bonds is 6. The number of anilines is 1. The van der Waals surface area contributed by atoms with Crippen molar-refractivity contribution in [2.75, 3.05) is 11.9 Å². The maximum absolute atomic E-state index is 6.18. The van der Waals surface area contributed by atoms with Gasteiger partial charge in [-0.05, 0) is 18.6 Å². The molecule has 3 nitrogen and oxygen atoms in total. The molecule has 0 unspecified atom stereocenters. The minimum atomic E-state index is 0.539. The van der Waals surface area contributed by atoms with Crippen molar-refractivity contribution < 1.29 is 4.74 Å². The number of nitrogens with one attached hydrogen (secondary N) is 1. The summed E-state index contributed by atoms with van der Waals surface area (Å²) in [5.74, 6) is 0.692. The topological polar surface area (TPSA) is 34.1 Å². The molecular weight excluding hydrogens is 303 g/mol. The Kier molecular flexibility index (Phi) is 5.31. The Bertz CT molecular complexity index is 532. The Hall–Kier alpha value is -0.970. The zero-order valence-electron chi connectivity index (χ0n) is 10.5. The fraction of sp³-hybridized carbons (Fsp3) is 0.308. The van der Waals surface area contributed by atoms with E-state index in [-0.39, 0.29) is 0 Å². The molecule has 102 valence electrons. The Balaban J connectivity index is 2.16. The molecule has 2 aromatic rings. The van der Waals surface area contributed by atoms with E-state index in [2.05, 4.69) is 17.2 Å². The van der Waals surface area contributed by atoms with Crippen LogP contribution in [0.2, 0.25) is 10.0 Å². The number of thiazole rings is 1. The number of benzene rings is 1. The summed E-state index contributed by atoms with van der Waals surface area (Å²) in [6, 6.07) is 3.56. The van der Waals surface area contributed by atoms with Gasteiger partial charge >= 0.3 is 0 Å². The molecule has 2 rings (SSSR count). The fourth-order valence-electron chi connectivity index (χ4n) is 1.59. The molecule has 0 amide bonds. The molecule has 0 spiro atoms. The summed E-state index contributed by atoms with van der Waals surface area (Å²) in [6.45, 7) is 3.26. The van der Waals surface area contributed by atoms with E-state index in [1.165, 1.54) is 0 Å². The normalized spacial score (nSPS) is 10.5. The van der Waals surface area contributed by atoms with Crippen molar-refractivity contribution in [3.8, 4) is 5.75 Å². The molecular formula is C13H14Cl2N2OS. The number of hydrogen-bond acceptors (Lipinski definition) is 4. The van der Waals surface area contributed by atoms with Crippen LogP contribution in [-0.4, -0.2) is 11.6 Å². The first-order valence-corrected chi connectivity index (χ1v) is 7.58. The average Bonchev–Trinajstić information content (AvgIpc) is 2.88. The van der Waals surface area contributed by atoms with E-state index in [1.807, 2.05) is 11.4 Å². The first-order valence-electron chi connectivity index (χ1n) is 5.94. The Morgan fingerprint density at radius 3 is 2.89 bits per heavy atom. The number of aromatic nitrogens is 1. The Morgan fingerprint density at radius 1 is 1.37 bits per heavy atom. The quantitative estimate of drug-likeness (QED) is 0.827. The summed E-state index contributed by atoms with van der Waals surface area (Å²) in [4.78, 5) is 4.17. The van der Waals surface area contributed by atoms with Crippen LogP contribution in [0.3, 0.4) is 0 Å². The lowest BCUT2D eigenvalue weighted by Gasteiger charge is -2.13. The van der Waals surface area contributed by atoms with Crippen LogP contribution in [0, 0.1) is 0 Å². The van der Waals surface area contributed by atoms with Gasteiger partial charge in [0.05, 0.1) is 11.6 Å². The second-order valence-electron chi connectivity index (χ2n) is 3.92. The van der Waals surface area contributed by atoms with Crippen LogP contribution in [0.4, 0.5) is 5.13 Å². The highest BCUT2D eigenvalue weighted by molar-refractivity contribution is 7.13. The fourth-order valence-corrected chi connectivity index (χ4v) is 2.71. The van der Waals surface area contributed by atoms with Gasteiger partial charge in [0.1, 0.15) is 5.75 Å². The first kappa shape index (κ1) is 14.4. The van der Waals surface area contributed by atoms with Crippen molar-refractivity contribution >= 4 is 39.7 Å². The molecule has 0 saturated heterocycles. The largest absolute Gasteiger partial charge is 0.492 e. The zero-order valence-corrected chi connectivity index (χ0v) is 12.8. The summed E-state index contributed by atoms with van der Waals surface area (Å²) in [7, 11) is 0. The highest BCUT2D eigenvalue weighted by Gasteiger charge is 2.11. The SMILES string of the molecule is CCCOc1c(Cl)cc(Cl)cc1CNc1nccs1. The van der Waals surface area contributed by atoms with Crippen LogP contribution in [0.1, 0.15) is 18.9 Å². The monoisotopic (exact) mass is 316 g/mol. The zero-order chi connectivity index (χ0) is 13.7. The van der Waals surface area contributed by atoms with E-state index in [1.54, 1.807) is 23.6 Å². The standard InChI is InChI=1S/C13H14Cl2N2OS/c1-2-4-18-12-9(6-10(14)7-11(12)15)8-17-13-16-3-5-19-13/h3,5-7H,2,4,8H2,1H3,(H,16,17). The molecule has 0 fully saturated rings. The third kappa shape index (κ3) is 4.00. The number of ether oxygens (including phenoxy) is 1. The minimum Gasteiger partial charge on any atom is -0.492 e. The highest BCUT2D eigenvalue weighted by atomic mass is 35.5. The van der Waals surface area contributed by atoms with Crippen molar-refractivity contribution in [1.82, 2.24) is 4.98 Å². The van der Waals surface area contributed by atoms with Gasteiger partial charge in [0.25, 0.3) is 0 Å². The smallest absolute Gasteiger partial charge is 0.182 e. The van der Waals surface area contributed by atoms with Crippen LogP contribution < -0.4 is 10.1 Å². The minimum absolute atomic E-state index is 0.539. The molecule has 0 aliphatic carbocycles. The second-order valence-corrected chi connectivity index (χ2v) is 5.65. The van der Waals surface area contributed by atoms with Gasteiger partial charge in [0.15, 0.2) is 5.13 Å². The summed E-state index contributed by atoms with van der Waals surface area (Å²) in [5, 5.41) is 7.14. The van der Waals surface area contributed by atoms with Crippen molar-refractivity contribution in [2.24, 2.45) is 0 Å². The third-order valence-electron chi connectivity index (χ3n) is 2.40. The van der Waals surface area contributed by atoms with Crippen LogP contribution in [0.15, 0.2) is 23.7 Å². The summed E-state index contributed by atoms with van der Waals surface area (Å²) in [5.41, 5.74) is 0.932. The van der Waals surface area contributed by atoms with Crippen LogP contribution in [-0.2, 0) is 6.54 Å². The summed E-state index contributed by atoms with van der Waals surface area (Å²) in [6.07, 6.45) is 2.69. The molecule has 0 aliphatic heterocycles. The lowest BCUT2D eigenvalue weighted by molar-refractivity contribution is 0.314. The van der Waals surface area contributed by atoms with Crippen LogP contribution in [0.25, 0.3) is 0 Å². The van der Waals surface area contributed by atoms with Crippen molar-refractivity contribution in [2.45, 2.75) is 19.9 Å². The second kappa shape index (κ2) is 6.98. The van der Waals surface area contributed by atoms with Gasteiger partial charge in [-0.3, -0.25) is 0 Å². The molecule has 0 saturated carbocycles. The molecule has 1 heterocycles. The maximum atomic E-state index is 6.18. The molecule has 0 aliphatic rings. The van der Waals surface area contributed by atoms with Gasteiger partial charge in [0.2, 0.25) is 0 Å². The van der Waals surface area contributed by atoms with Crippen molar-refractivity contribution in [1.29, 1.82) is 0 Å². The Morgan fingerprint density at radius 2 is 2.21 bits per heavy atom. The molecule has 0 atom stereocenters. The predicted octanol–water partition coefficient (Wildman–Crippen LogP) is 4.85. The highest BCUT2D eigenvalue weighted by Crippen LogP contribution is 2.33. The van der Waals surface area contributed by atoms with Crippen LogP contribution in [0.5, 0.6) is 5.75 Å². The molecule has 0 radical (unpaired) electrons. The first-order chi connectivity index (χ1) is 9.20. The van der Waals surface area contributed by atoms with E-state index in [9.17, 15) is 0 Å². The van der Waals surface area contributed by atoms with Crippen molar-refractivity contribution in [3.63, 3.8) is 0 Å². The lowest BCUT2D eigenvalue weighted by atomic mass is 10.2. The average molecular weight is 317 g/mol. The van der Waals surface area contributed by atoms with Gasteiger partial charge < -0.3 is 10.1 Å². The molecule has 6 heteroatoms. The van der Waals surface area contributed by atoms with E-state index in [0.717, 1.165) is 17.1 Å². The van der Waals surface area contributed by atoms with E-state index < -0.39 is 0 Å². The van der Waals surface area contributed by atoms with E-state index in [4.69, 9.17) is 27.9 Å². The van der Waals surface area contributed by atoms with Gasteiger partial charge in [-0.25, -0.2) is 4.98 Å². The summed E-state index contributed by atoms with van der Waals surface area (Å²) < 4.78 is 5.69. The van der Waals surface area contributed by atoms with E-state index >= 15 is 0 Å². The number of hydrogen-bond donors (Lipinski definition) is 1. The van der Waals surface area contributed by atoms with Gasteiger partial charge in [-0.2, -0.15) is 0 Å². The van der Waals surface area contributed by atoms with E-state index in [0.29, 0.717) is 28.9 Å². The predicted molar refractivity (Wildman–Crippen MR) is 81.7 cm³/mol. The molecule has 1 N–H and O–H groups in total. The molecule has 1 aromatic carbocycles. The summed E-state index contributed by atoms with van der Waals surface area (Å²) >= 11 is 13.8.